The van der Waals surface area contributed by atoms with Crippen molar-refractivity contribution in [2.45, 2.75) is 6.54 Å². The fourth-order valence-corrected chi connectivity index (χ4v) is 2.26. The Bertz CT molecular complexity index is 767. The normalized spacial score (nSPS) is 10.8. The number of para-hydroxylation sites is 1. The Morgan fingerprint density at radius 3 is 2.78 bits per heavy atom. The zero-order valence-corrected chi connectivity index (χ0v) is 12.9. The van der Waals surface area contributed by atoms with Crippen molar-refractivity contribution in [1.29, 1.82) is 0 Å². The average Bonchev–Trinajstić information content (AvgIpc) is 3.09. The number of hydrogen-bond donors (Lipinski definition) is 1. The predicted octanol–water partition coefficient (Wildman–Crippen LogP) is 3.39. The molecule has 3 aromatic rings. The van der Waals surface area contributed by atoms with Crippen LogP contribution >= 0.6 is 0 Å². The first-order valence-corrected chi connectivity index (χ1v) is 7.33. The maximum absolute atomic E-state index is 5.42. The molecule has 0 aliphatic heterocycles. The highest BCUT2D eigenvalue weighted by Gasteiger charge is 2.05. The number of nitrogens with one attached hydrogen (secondary N) is 1. The van der Waals surface area contributed by atoms with E-state index in [-0.39, 0.29) is 0 Å². The van der Waals surface area contributed by atoms with Gasteiger partial charge in [0.05, 0.1) is 25.6 Å². The summed E-state index contributed by atoms with van der Waals surface area (Å²) in [6.07, 6.45) is 5.48. The number of methoxy groups -OCH3 is 1. The highest BCUT2D eigenvalue weighted by atomic mass is 16.5. The second-order valence-corrected chi connectivity index (χ2v) is 5.01. The lowest BCUT2D eigenvalue weighted by Crippen LogP contribution is -2.03. The molecular formula is C18H18N4O. The molecule has 0 aliphatic carbocycles. The topological polar surface area (TPSA) is 51.4 Å². The van der Waals surface area contributed by atoms with Crippen molar-refractivity contribution in [2.75, 3.05) is 12.5 Å². The number of benzene rings is 2. The molecule has 0 fully saturated rings. The molecule has 0 bridgehead atoms. The Kier molecular flexibility index (Phi) is 4.69. The van der Waals surface area contributed by atoms with Crippen LogP contribution in [0.25, 0.3) is 0 Å². The van der Waals surface area contributed by atoms with E-state index in [1.165, 1.54) is 0 Å². The van der Waals surface area contributed by atoms with Crippen LogP contribution in [-0.2, 0) is 6.54 Å². The second-order valence-electron chi connectivity index (χ2n) is 5.01. The third-order valence-electron chi connectivity index (χ3n) is 3.38. The smallest absolute Gasteiger partial charge is 0.123 e. The van der Waals surface area contributed by atoms with Gasteiger partial charge in [-0.2, -0.15) is 10.2 Å². The zero-order chi connectivity index (χ0) is 15.9. The average molecular weight is 306 g/mol. The van der Waals surface area contributed by atoms with Crippen LogP contribution in [0.3, 0.4) is 0 Å². The molecule has 0 amide bonds. The highest BCUT2D eigenvalue weighted by molar-refractivity contribution is 5.81. The number of ether oxygens (including phenoxy) is 1. The summed E-state index contributed by atoms with van der Waals surface area (Å²) in [5, 5.41) is 8.50. The van der Waals surface area contributed by atoms with E-state index in [2.05, 4.69) is 21.7 Å². The fraction of sp³-hybridized carbons (Fsp3) is 0.111. The molecule has 0 atom stereocenters. The molecule has 0 radical (unpaired) electrons. The summed E-state index contributed by atoms with van der Waals surface area (Å²) in [4.78, 5) is 0. The van der Waals surface area contributed by atoms with E-state index in [9.17, 15) is 0 Å². The van der Waals surface area contributed by atoms with E-state index in [0.717, 1.165) is 22.6 Å². The van der Waals surface area contributed by atoms with E-state index in [0.29, 0.717) is 6.54 Å². The van der Waals surface area contributed by atoms with Crippen molar-refractivity contribution in [3.05, 3.63) is 78.1 Å². The molecule has 1 N–H and O–H groups in total. The Morgan fingerprint density at radius 1 is 1.17 bits per heavy atom. The van der Waals surface area contributed by atoms with Gasteiger partial charge >= 0.3 is 0 Å². The lowest BCUT2D eigenvalue weighted by molar-refractivity contribution is 0.407. The van der Waals surface area contributed by atoms with Gasteiger partial charge < -0.3 is 4.74 Å². The third kappa shape index (κ3) is 3.97. The van der Waals surface area contributed by atoms with Crippen molar-refractivity contribution in [3.63, 3.8) is 0 Å². The molecule has 0 saturated heterocycles. The summed E-state index contributed by atoms with van der Waals surface area (Å²) in [6.45, 7) is 0.657. The number of aromatic nitrogens is 2. The Hall–Kier alpha value is -3.08. The SMILES string of the molecule is COc1ccc(C=NNc2ccccc2)cc1Cn1cccn1. The van der Waals surface area contributed by atoms with Crippen LogP contribution in [0.15, 0.2) is 72.1 Å². The summed E-state index contributed by atoms with van der Waals surface area (Å²) < 4.78 is 7.28. The quantitative estimate of drug-likeness (QED) is 0.561. The molecule has 23 heavy (non-hydrogen) atoms. The Morgan fingerprint density at radius 2 is 2.04 bits per heavy atom. The van der Waals surface area contributed by atoms with Crippen molar-refractivity contribution in [1.82, 2.24) is 9.78 Å². The number of anilines is 1. The molecule has 1 aromatic heterocycles. The highest BCUT2D eigenvalue weighted by Crippen LogP contribution is 2.20. The van der Waals surface area contributed by atoms with Crippen LogP contribution in [0.2, 0.25) is 0 Å². The first kappa shape index (κ1) is 14.8. The van der Waals surface area contributed by atoms with Crippen molar-refractivity contribution >= 4 is 11.9 Å². The first-order chi connectivity index (χ1) is 11.3. The maximum atomic E-state index is 5.42. The largest absolute Gasteiger partial charge is 0.496 e. The van der Waals surface area contributed by atoms with Crippen LogP contribution in [0, 0.1) is 0 Å². The number of rotatable bonds is 6. The van der Waals surface area contributed by atoms with Crippen LogP contribution in [0.4, 0.5) is 5.69 Å². The Labute approximate surface area is 135 Å². The molecule has 5 heteroatoms. The molecule has 0 saturated carbocycles. The van der Waals surface area contributed by atoms with Gasteiger partial charge in [0, 0.05) is 18.0 Å². The van der Waals surface area contributed by atoms with E-state index in [1.54, 1.807) is 19.5 Å². The third-order valence-corrected chi connectivity index (χ3v) is 3.38. The number of nitrogens with zero attached hydrogens (tertiary/aromatic N) is 3. The van der Waals surface area contributed by atoms with Gasteiger partial charge in [0.25, 0.3) is 0 Å². The lowest BCUT2D eigenvalue weighted by Gasteiger charge is -2.09. The van der Waals surface area contributed by atoms with Crippen molar-refractivity contribution < 1.29 is 4.74 Å². The minimum Gasteiger partial charge on any atom is -0.496 e. The zero-order valence-electron chi connectivity index (χ0n) is 12.9. The van der Waals surface area contributed by atoms with Gasteiger partial charge in [0.2, 0.25) is 0 Å². The molecule has 5 nitrogen and oxygen atoms in total. The van der Waals surface area contributed by atoms with Crippen molar-refractivity contribution in [2.24, 2.45) is 5.10 Å². The predicted molar refractivity (Wildman–Crippen MR) is 92.0 cm³/mol. The van der Waals surface area contributed by atoms with Crippen LogP contribution < -0.4 is 10.2 Å². The van der Waals surface area contributed by atoms with Gasteiger partial charge in [-0.25, -0.2) is 0 Å². The van der Waals surface area contributed by atoms with Gasteiger partial charge in [-0.3, -0.25) is 10.1 Å². The number of hydrazone groups is 1. The molecule has 0 spiro atoms. The van der Waals surface area contributed by atoms with Crippen molar-refractivity contribution in [3.8, 4) is 5.75 Å². The van der Waals surface area contributed by atoms with Gasteiger partial charge in [-0.05, 0) is 42.0 Å². The number of hydrogen-bond acceptors (Lipinski definition) is 4. The minimum atomic E-state index is 0.657. The van der Waals surface area contributed by atoms with Gasteiger partial charge in [0.1, 0.15) is 5.75 Å². The fourth-order valence-electron chi connectivity index (χ4n) is 2.26. The Balaban J connectivity index is 1.74. The summed E-state index contributed by atoms with van der Waals surface area (Å²) in [6, 6.07) is 17.7. The molecule has 1 heterocycles. The first-order valence-electron chi connectivity index (χ1n) is 7.33. The maximum Gasteiger partial charge on any atom is 0.123 e. The molecule has 116 valence electrons. The summed E-state index contributed by atoms with van der Waals surface area (Å²) in [5.74, 6) is 0.841. The van der Waals surface area contributed by atoms with E-state index in [4.69, 9.17) is 4.74 Å². The van der Waals surface area contributed by atoms with E-state index in [1.807, 2.05) is 59.4 Å². The standard InChI is InChI=1S/C18H18N4O/c1-23-18-9-8-15(12-16(18)14-22-11-5-10-20-22)13-19-21-17-6-3-2-4-7-17/h2-13,21H,14H2,1H3. The summed E-state index contributed by atoms with van der Waals surface area (Å²) in [7, 11) is 1.67. The van der Waals surface area contributed by atoms with Gasteiger partial charge in [0.15, 0.2) is 0 Å². The molecule has 0 aliphatic rings. The van der Waals surface area contributed by atoms with E-state index < -0.39 is 0 Å². The lowest BCUT2D eigenvalue weighted by atomic mass is 10.1. The second kappa shape index (κ2) is 7.26. The van der Waals surface area contributed by atoms with Gasteiger partial charge in [-0.1, -0.05) is 18.2 Å². The van der Waals surface area contributed by atoms with Gasteiger partial charge in [-0.15, -0.1) is 0 Å². The molecular weight excluding hydrogens is 288 g/mol. The molecule has 0 unspecified atom stereocenters. The molecule has 2 aromatic carbocycles. The van der Waals surface area contributed by atoms with Crippen LogP contribution in [0.5, 0.6) is 5.75 Å². The minimum absolute atomic E-state index is 0.657. The summed E-state index contributed by atoms with van der Waals surface area (Å²) in [5.41, 5.74) is 6.01. The van der Waals surface area contributed by atoms with Crippen LogP contribution in [-0.4, -0.2) is 23.1 Å². The monoisotopic (exact) mass is 306 g/mol. The van der Waals surface area contributed by atoms with Crippen LogP contribution in [0.1, 0.15) is 11.1 Å². The van der Waals surface area contributed by atoms with E-state index >= 15 is 0 Å². The molecule has 3 rings (SSSR count). The summed E-state index contributed by atoms with van der Waals surface area (Å²) >= 11 is 0.